The summed E-state index contributed by atoms with van der Waals surface area (Å²) >= 11 is 0. The SMILES string of the molecule is CCNC(=NCCOCCS(C)(=O)=O)NC1CCN(Cc2ccccc2)C(C)C1. The van der Waals surface area contributed by atoms with Crippen LogP contribution in [0.25, 0.3) is 0 Å². The normalized spacial score (nSPS) is 21.1. The van der Waals surface area contributed by atoms with Gasteiger partial charge in [0.25, 0.3) is 0 Å². The minimum Gasteiger partial charge on any atom is -0.378 e. The van der Waals surface area contributed by atoms with Crippen LogP contribution in [0.1, 0.15) is 32.3 Å². The lowest BCUT2D eigenvalue weighted by molar-refractivity contribution is 0.134. The Morgan fingerprint density at radius 3 is 2.69 bits per heavy atom. The van der Waals surface area contributed by atoms with Gasteiger partial charge in [-0.05, 0) is 32.3 Å². The molecule has 0 aromatic heterocycles. The maximum atomic E-state index is 11.1. The summed E-state index contributed by atoms with van der Waals surface area (Å²) in [7, 11) is -2.97. The third-order valence-corrected chi connectivity index (χ3v) is 5.94. The van der Waals surface area contributed by atoms with E-state index in [1.165, 1.54) is 11.8 Å². The highest BCUT2D eigenvalue weighted by atomic mass is 32.2. The maximum Gasteiger partial charge on any atom is 0.191 e. The van der Waals surface area contributed by atoms with Crippen molar-refractivity contribution in [2.24, 2.45) is 4.99 Å². The van der Waals surface area contributed by atoms with E-state index in [1.54, 1.807) is 0 Å². The molecule has 1 aliphatic rings. The van der Waals surface area contributed by atoms with E-state index in [1.807, 2.05) is 6.92 Å². The number of hydrogen-bond acceptors (Lipinski definition) is 5. The van der Waals surface area contributed by atoms with Crippen molar-refractivity contribution < 1.29 is 13.2 Å². The van der Waals surface area contributed by atoms with Crippen LogP contribution in [0.3, 0.4) is 0 Å². The first-order valence-electron chi connectivity index (χ1n) is 10.5. The van der Waals surface area contributed by atoms with Gasteiger partial charge < -0.3 is 15.4 Å². The second-order valence-electron chi connectivity index (χ2n) is 7.67. The monoisotopic (exact) mass is 424 g/mol. The molecule has 164 valence electrons. The first kappa shape index (κ1) is 23.6. The van der Waals surface area contributed by atoms with Gasteiger partial charge in [0.1, 0.15) is 9.84 Å². The Bertz CT molecular complexity index is 725. The second-order valence-corrected chi connectivity index (χ2v) is 9.93. The fourth-order valence-corrected chi connectivity index (χ4v) is 3.87. The smallest absolute Gasteiger partial charge is 0.191 e. The van der Waals surface area contributed by atoms with Crippen LogP contribution in [0.2, 0.25) is 0 Å². The van der Waals surface area contributed by atoms with Crippen LogP contribution in [0.5, 0.6) is 0 Å². The summed E-state index contributed by atoms with van der Waals surface area (Å²) < 4.78 is 27.6. The zero-order chi connectivity index (χ0) is 21.1. The second kappa shape index (κ2) is 12.1. The number of likely N-dealkylation sites (tertiary alicyclic amines) is 1. The molecule has 29 heavy (non-hydrogen) atoms. The van der Waals surface area contributed by atoms with E-state index in [4.69, 9.17) is 4.74 Å². The van der Waals surface area contributed by atoms with Gasteiger partial charge >= 0.3 is 0 Å². The highest BCUT2D eigenvalue weighted by Crippen LogP contribution is 2.19. The summed E-state index contributed by atoms with van der Waals surface area (Å²) in [5.74, 6) is 0.849. The van der Waals surface area contributed by atoms with Crippen LogP contribution in [0.15, 0.2) is 35.3 Å². The number of guanidine groups is 1. The number of ether oxygens (including phenoxy) is 1. The quantitative estimate of drug-likeness (QED) is 0.338. The molecule has 0 aliphatic carbocycles. The van der Waals surface area contributed by atoms with E-state index in [0.717, 1.165) is 38.4 Å². The van der Waals surface area contributed by atoms with Crippen molar-refractivity contribution in [3.05, 3.63) is 35.9 Å². The molecule has 7 nitrogen and oxygen atoms in total. The molecule has 2 N–H and O–H groups in total. The van der Waals surface area contributed by atoms with Crippen LogP contribution in [-0.4, -0.2) is 76.2 Å². The molecule has 8 heteroatoms. The van der Waals surface area contributed by atoms with Gasteiger partial charge in [-0.2, -0.15) is 0 Å². The van der Waals surface area contributed by atoms with Gasteiger partial charge in [0.05, 0.1) is 25.5 Å². The van der Waals surface area contributed by atoms with Gasteiger partial charge in [0.2, 0.25) is 0 Å². The molecule has 1 heterocycles. The molecule has 2 rings (SSSR count). The van der Waals surface area contributed by atoms with Crippen molar-refractivity contribution in [3.63, 3.8) is 0 Å². The minimum atomic E-state index is -2.97. The lowest BCUT2D eigenvalue weighted by Gasteiger charge is -2.38. The summed E-state index contributed by atoms with van der Waals surface area (Å²) in [6.07, 6.45) is 3.36. The Morgan fingerprint density at radius 2 is 2.03 bits per heavy atom. The first-order valence-corrected chi connectivity index (χ1v) is 12.5. The predicted octanol–water partition coefficient (Wildman–Crippen LogP) is 1.66. The molecule has 1 fully saturated rings. The van der Waals surface area contributed by atoms with Crippen LogP contribution in [-0.2, 0) is 21.1 Å². The van der Waals surface area contributed by atoms with Crippen LogP contribution in [0, 0.1) is 0 Å². The summed E-state index contributed by atoms with van der Waals surface area (Å²) in [5, 5.41) is 6.83. The highest BCUT2D eigenvalue weighted by molar-refractivity contribution is 7.90. The molecule has 0 saturated carbocycles. The Morgan fingerprint density at radius 1 is 1.28 bits per heavy atom. The van der Waals surface area contributed by atoms with E-state index in [-0.39, 0.29) is 12.4 Å². The summed E-state index contributed by atoms with van der Waals surface area (Å²) in [6, 6.07) is 11.5. The number of aliphatic imine (C=N–C) groups is 1. The van der Waals surface area contributed by atoms with Crippen molar-refractivity contribution >= 4 is 15.8 Å². The Balaban J connectivity index is 1.75. The van der Waals surface area contributed by atoms with Gasteiger partial charge in [-0.1, -0.05) is 30.3 Å². The lowest BCUT2D eigenvalue weighted by atomic mass is 9.97. The zero-order valence-electron chi connectivity index (χ0n) is 17.9. The number of nitrogens with one attached hydrogen (secondary N) is 2. The Labute approximate surface area is 175 Å². The van der Waals surface area contributed by atoms with E-state index >= 15 is 0 Å². The molecule has 2 unspecified atom stereocenters. The van der Waals surface area contributed by atoms with Gasteiger partial charge in [-0.15, -0.1) is 0 Å². The Kier molecular flexibility index (Phi) is 9.90. The Hall–Kier alpha value is -1.64. The molecular formula is C21H36N4O3S. The fourth-order valence-electron chi connectivity index (χ4n) is 3.45. The molecule has 2 atom stereocenters. The summed E-state index contributed by atoms with van der Waals surface area (Å²) in [4.78, 5) is 7.09. The first-order chi connectivity index (χ1) is 13.9. The molecular weight excluding hydrogens is 388 g/mol. The number of piperidine rings is 1. The van der Waals surface area contributed by atoms with Gasteiger partial charge in [-0.3, -0.25) is 9.89 Å². The molecule has 0 spiro atoms. The topological polar surface area (TPSA) is 83.0 Å². The van der Waals surface area contributed by atoms with E-state index < -0.39 is 9.84 Å². The third-order valence-electron chi connectivity index (χ3n) is 5.03. The number of hydrogen-bond donors (Lipinski definition) is 2. The molecule has 1 aromatic carbocycles. The maximum absolute atomic E-state index is 11.1. The molecule has 1 aromatic rings. The van der Waals surface area contributed by atoms with Crippen LogP contribution >= 0.6 is 0 Å². The molecule has 0 bridgehead atoms. The van der Waals surface area contributed by atoms with E-state index in [0.29, 0.717) is 25.2 Å². The van der Waals surface area contributed by atoms with Gasteiger partial charge in [0.15, 0.2) is 5.96 Å². The lowest BCUT2D eigenvalue weighted by Crippen LogP contribution is -2.51. The largest absolute Gasteiger partial charge is 0.378 e. The number of sulfone groups is 1. The third kappa shape index (κ3) is 9.60. The summed E-state index contributed by atoms with van der Waals surface area (Å²) in [6.45, 7) is 8.31. The summed E-state index contributed by atoms with van der Waals surface area (Å²) in [5.41, 5.74) is 1.36. The average molecular weight is 425 g/mol. The fraction of sp³-hybridized carbons (Fsp3) is 0.667. The van der Waals surface area contributed by atoms with Crippen LogP contribution < -0.4 is 10.6 Å². The van der Waals surface area contributed by atoms with Crippen molar-refractivity contribution in [1.82, 2.24) is 15.5 Å². The zero-order valence-corrected chi connectivity index (χ0v) is 18.7. The number of rotatable bonds is 10. The van der Waals surface area contributed by atoms with E-state index in [9.17, 15) is 8.42 Å². The van der Waals surface area contributed by atoms with Crippen molar-refractivity contribution in [2.45, 2.75) is 45.3 Å². The van der Waals surface area contributed by atoms with Crippen LogP contribution in [0.4, 0.5) is 0 Å². The van der Waals surface area contributed by atoms with E-state index in [2.05, 4.69) is 57.8 Å². The average Bonchev–Trinajstić information content (AvgIpc) is 2.67. The molecule has 1 aliphatic heterocycles. The van der Waals surface area contributed by atoms with Crippen molar-refractivity contribution in [1.29, 1.82) is 0 Å². The highest BCUT2D eigenvalue weighted by Gasteiger charge is 2.25. The van der Waals surface area contributed by atoms with Crippen molar-refractivity contribution in [2.75, 3.05) is 44.9 Å². The molecule has 1 saturated heterocycles. The standard InChI is InChI=1S/C21H36N4O3S/c1-4-22-21(23-11-13-28-14-15-29(3,26)27)24-20-10-12-25(18(2)16-20)17-19-8-6-5-7-9-19/h5-9,18,20H,4,10-17H2,1-3H3,(H2,22,23,24). The van der Waals surface area contributed by atoms with Gasteiger partial charge in [-0.25, -0.2) is 8.42 Å². The van der Waals surface area contributed by atoms with Gasteiger partial charge in [0, 0.05) is 38.0 Å². The predicted molar refractivity (Wildman–Crippen MR) is 119 cm³/mol. The molecule has 0 amide bonds. The number of nitrogens with zero attached hydrogens (tertiary/aromatic N) is 2. The van der Waals surface area contributed by atoms with Crippen molar-refractivity contribution in [3.8, 4) is 0 Å². The molecule has 0 radical (unpaired) electrons. The number of benzene rings is 1. The minimum absolute atomic E-state index is 0.0501.